The van der Waals surface area contributed by atoms with Gasteiger partial charge >= 0.3 is 0 Å². The molecule has 0 fully saturated rings. The van der Waals surface area contributed by atoms with Gasteiger partial charge in [0, 0.05) is 18.7 Å². The molecule has 0 radical (unpaired) electrons. The van der Waals surface area contributed by atoms with E-state index in [-0.39, 0.29) is 7.85 Å². The highest BCUT2D eigenvalue weighted by Crippen LogP contribution is 2.52. The summed E-state index contributed by atoms with van der Waals surface area (Å²) < 4.78 is 8.62. The van der Waals surface area contributed by atoms with Gasteiger partial charge in [-0.2, -0.15) is 0 Å². The first kappa shape index (κ1) is 15.6. The van der Waals surface area contributed by atoms with E-state index in [1.54, 1.807) is 0 Å². The van der Waals surface area contributed by atoms with Gasteiger partial charge in [0.2, 0.25) is 0 Å². The highest BCUT2D eigenvalue weighted by molar-refractivity contribution is 7.89. The van der Waals surface area contributed by atoms with Crippen LogP contribution in [-0.2, 0) is 4.52 Å². The second-order valence-electron chi connectivity index (χ2n) is 5.43. The summed E-state index contributed by atoms with van der Waals surface area (Å²) in [6, 6.07) is 1.16. The molecule has 92 valence electrons. The van der Waals surface area contributed by atoms with Gasteiger partial charge in [-0.3, -0.25) is 4.67 Å². The van der Waals surface area contributed by atoms with Crippen molar-refractivity contribution >= 4 is 15.6 Å². The first-order chi connectivity index (χ1) is 6.71. The molecule has 0 aromatic carbocycles. The van der Waals surface area contributed by atoms with Crippen LogP contribution in [-0.4, -0.2) is 31.1 Å². The van der Waals surface area contributed by atoms with Crippen LogP contribution in [0.3, 0.4) is 0 Å². The SMILES string of the molecule is CCOP(N(C(C)C)C(C)C)[Si](C)(C)C. The predicted octanol–water partition coefficient (Wildman–Crippen LogP) is 4.29. The summed E-state index contributed by atoms with van der Waals surface area (Å²) in [5.41, 5.74) is 0. The zero-order chi connectivity index (χ0) is 12.2. The monoisotopic (exact) mass is 249 g/mol. The van der Waals surface area contributed by atoms with E-state index in [0.717, 1.165) is 6.61 Å². The molecule has 2 nitrogen and oxygen atoms in total. The molecule has 0 saturated heterocycles. The summed E-state index contributed by atoms with van der Waals surface area (Å²) in [5, 5.41) is 0. The molecule has 0 spiro atoms. The molecule has 0 rings (SSSR count). The molecule has 0 aliphatic heterocycles. The van der Waals surface area contributed by atoms with Crippen LogP contribution in [0, 0.1) is 0 Å². The summed E-state index contributed by atoms with van der Waals surface area (Å²) in [6.07, 6.45) is 0. The Hall–Kier alpha value is 0.567. The fourth-order valence-corrected chi connectivity index (χ4v) is 9.06. The van der Waals surface area contributed by atoms with Crippen LogP contribution in [0.1, 0.15) is 34.6 Å². The Bertz CT molecular complexity index is 172. The molecular formula is C11H28NOPSi. The molecule has 0 aliphatic carbocycles. The van der Waals surface area contributed by atoms with Crippen molar-refractivity contribution in [1.29, 1.82) is 0 Å². The third-order valence-corrected chi connectivity index (χ3v) is 9.61. The third-order valence-electron chi connectivity index (χ3n) is 2.09. The summed E-state index contributed by atoms with van der Waals surface area (Å²) >= 11 is 0. The topological polar surface area (TPSA) is 12.5 Å². The van der Waals surface area contributed by atoms with Crippen molar-refractivity contribution in [2.24, 2.45) is 0 Å². The quantitative estimate of drug-likeness (QED) is 0.514. The normalized spacial score (nSPS) is 15.4. The highest BCUT2D eigenvalue weighted by atomic mass is 31.4. The van der Waals surface area contributed by atoms with E-state index in [1.807, 2.05) is 0 Å². The van der Waals surface area contributed by atoms with Gasteiger partial charge in [-0.1, -0.05) is 19.6 Å². The molecule has 0 N–H and O–H groups in total. The van der Waals surface area contributed by atoms with Crippen LogP contribution in [0.25, 0.3) is 0 Å². The van der Waals surface area contributed by atoms with Crippen molar-refractivity contribution < 1.29 is 4.52 Å². The molecular weight excluding hydrogens is 221 g/mol. The number of nitrogens with zero attached hydrogens (tertiary/aromatic N) is 1. The maximum Gasteiger partial charge on any atom is 0.124 e. The lowest BCUT2D eigenvalue weighted by atomic mass is 10.3. The smallest absolute Gasteiger partial charge is 0.124 e. The Morgan fingerprint density at radius 3 is 1.67 bits per heavy atom. The van der Waals surface area contributed by atoms with E-state index >= 15 is 0 Å². The zero-order valence-electron chi connectivity index (χ0n) is 11.7. The second kappa shape index (κ2) is 6.34. The first-order valence-electron chi connectivity index (χ1n) is 5.93. The van der Waals surface area contributed by atoms with Gasteiger partial charge in [0.25, 0.3) is 0 Å². The standard InChI is InChI=1S/C11H28NOPSi/c1-9-13-14(15(6,7)8)12(10(2)3)11(4)5/h10-11H,9H2,1-8H3. The Labute approximate surface area is 98.1 Å². The summed E-state index contributed by atoms with van der Waals surface area (Å²) in [7, 11) is -1.60. The van der Waals surface area contributed by atoms with Gasteiger partial charge in [0.05, 0.1) is 7.85 Å². The van der Waals surface area contributed by atoms with Crippen LogP contribution >= 0.6 is 7.85 Å². The van der Waals surface area contributed by atoms with Crippen molar-refractivity contribution in [3.8, 4) is 0 Å². The minimum absolute atomic E-state index is 0.372. The van der Waals surface area contributed by atoms with E-state index in [2.05, 4.69) is 58.9 Å². The summed E-state index contributed by atoms with van der Waals surface area (Å²) in [6.45, 7) is 19.3. The molecule has 0 aliphatic rings. The van der Waals surface area contributed by atoms with Crippen molar-refractivity contribution in [1.82, 2.24) is 4.67 Å². The van der Waals surface area contributed by atoms with Crippen molar-refractivity contribution in [3.63, 3.8) is 0 Å². The Balaban J connectivity index is 4.84. The van der Waals surface area contributed by atoms with Crippen LogP contribution in [0.4, 0.5) is 0 Å². The minimum Gasteiger partial charge on any atom is -0.348 e. The van der Waals surface area contributed by atoms with Gasteiger partial charge in [-0.25, -0.2) is 0 Å². The number of rotatable bonds is 6. The Morgan fingerprint density at radius 1 is 1.07 bits per heavy atom. The summed E-state index contributed by atoms with van der Waals surface area (Å²) in [5.74, 6) is 0. The minimum atomic E-state index is -1.23. The maximum atomic E-state index is 6.04. The predicted molar refractivity (Wildman–Crippen MR) is 74.0 cm³/mol. The molecule has 4 heteroatoms. The van der Waals surface area contributed by atoms with Gasteiger partial charge in [-0.05, 0) is 34.6 Å². The van der Waals surface area contributed by atoms with Crippen molar-refractivity contribution in [2.75, 3.05) is 6.61 Å². The molecule has 0 saturated carbocycles. The molecule has 0 aromatic heterocycles. The first-order valence-corrected chi connectivity index (χ1v) is 11.5. The number of hydrogen-bond acceptors (Lipinski definition) is 2. The fourth-order valence-electron chi connectivity index (χ4n) is 1.74. The fraction of sp³-hybridized carbons (Fsp3) is 1.00. The van der Waals surface area contributed by atoms with Gasteiger partial charge in [-0.15, -0.1) is 0 Å². The lowest BCUT2D eigenvalue weighted by molar-refractivity contribution is 0.268. The molecule has 1 unspecified atom stereocenters. The molecule has 0 amide bonds. The van der Waals surface area contributed by atoms with Crippen molar-refractivity contribution in [2.45, 2.75) is 66.3 Å². The zero-order valence-corrected chi connectivity index (χ0v) is 13.6. The van der Waals surface area contributed by atoms with Crippen molar-refractivity contribution in [3.05, 3.63) is 0 Å². The Morgan fingerprint density at radius 2 is 1.47 bits per heavy atom. The van der Waals surface area contributed by atoms with E-state index in [0.29, 0.717) is 12.1 Å². The van der Waals surface area contributed by atoms with E-state index < -0.39 is 7.74 Å². The van der Waals surface area contributed by atoms with E-state index in [1.165, 1.54) is 0 Å². The lowest BCUT2D eigenvalue weighted by Crippen LogP contribution is -2.39. The summed E-state index contributed by atoms with van der Waals surface area (Å²) in [4.78, 5) is 0. The van der Waals surface area contributed by atoms with Crippen LogP contribution in [0.15, 0.2) is 0 Å². The van der Waals surface area contributed by atoms with Crippen LogP contribution < -0.4 is 0 Å². The molecule has 0 heterocycles. The highest BCUT2D eigenvalue weighted by Gasteiger charge is 2.36. The average Bonchev–Trinajstić information content (AvgIpc) is 2.00. The molecule has 0 bridgehead atoms. The largest absolute Gasteiger partial charge is 0.348 e. The molecule has 0 aromatic rings. The van der Waals surface area contributed by atoms with E-state index in [9.17, 15) is 0 Å². The lowest BCUT2D eigenvalue weighted by Gasteiger charge is -2.42. The number of hydrogen-bond donors (Lipinski definition) is 0. The average molecular weight is 249 g/mol. The van der Waals surface area contributed by atoms with Crippen LogP contribution in [0.5, 0.6) is 0 Å². The van der Waals surface area contributed by atoms with E-state index in [4.69, 9.17) is 4.52 Å². The van der Waals surface area contributed by atoms with Gasteiger partial charge in [0.15, 0.2) is 0 Å². The maximum absolute atomic E-state index is 6.04. The molecule has 15 heavy (non-hydrogen) atoms. The van der Waals surface area contributed by atoms with Crippen LogP contribution in [0.2, 0.25) is 19.6 Å². The van der Waals surface area contributed by atoms with Gasteiger partial charge in [0.1, 0.15) is 7.74 Å². The third kappa shape index (κ3) is 4.95. The second-order valence-corrected chi connectivity index (χ2v) is 16.2. The Kier molecular flexibility index (Phi) is 6.58. The van der Waals surface area contributed by atoms with Gasteiger partial charge < -0.3 is 4.52 Å². The molecule has 1 atom stereocenters.